The summed E-state index contributed by atoms with van der Waals surface area (Å²) < 4.78 is -1.19. The summed E-state index contributed by atoms with van der Waals surface area (Å²) in [6.07, 6.45) is 0. The maximum Gasteiger partial charge on any atom is 0.0219 e. The van der Waals surface area contributed by atoms with Gasteiger partial charge in [-0.2, -0.15) is 0 Å². The second kappa shape index (κ2) is 3.50. The smallest absolute Gasteiger partial charge is 0.0219 e. The van der Waals surface area contributed by atoms with E-state index in [9.17, 15) is 0 Å². The SMILES string of the molecule is CC(C)P(=S)(Br)C(C)C. The Hall–Kier alpha value is 1.13. The molecule has 0 nitrogen and oxygen atoms in total. The van der Waals surface area contributed by atoms with E-state index in [-0.39, 0.29) is 0 Å². The van der Waals surface area contributed by atoms with Crippen LogP contribution in [0.4, 0.5) is 0 Å². The van der Waals surface area contributed by atoms with Gasteiger partial charge >= 0.3 is 0 Å². The molecular formula is C6H14BrPS. The fourth-order valence-corrected chi connectivity index (χ4v) is 1.79. The van der Waals surface area contributed by atoms with Crippen molar-refractivity contribution >= 4 is 32.0 Å². The summed E-state index contributed by atoms with van der Waals surface area (Å²) in [6, 6.07) is 0. The number of halogens is 1. The standard InChI is InChI=1S/C6H14BrPS/c1-5(2)8(7,9)6(3)4/h5-6H,1-4H3. The van der Waals surface area contributed by atoms with Crippen LogP contribution in [0.3, 0.4) is 0 Å². The Bertz CT molecular complexity index is 119. The first-order valence-electron chi connectivity index (χ1n) is 3.18. The first-order valence-corrected chi connectivity index (χ1v) is 8.14. The quantitative estimate of drug-likeness (QED) is 0.652. The van der Waals surface area contributed by atoms with Crippen molar-refractivity contribution in [3.63, 3.8) is 0 Å². The van der Waals surface area contributed by atoms with Crippen molar-refractivity contribution in [2.75, 3.05) is 0 Å². The average Bonchev–Trinajstić information content (AvgIpc) is 1.65. The fourth-order valence-electron chi connectivity index (χ4n) is 0.596. The van der Waals surface area contributed by atoms with E-state index in [0.29, 0.717) is 11.3 Å². The minimum Gasteiger partial charge on any atom is -0.0848 e. The number of hydrogen-bond acceptors (Lipinski definition) is 1. The summed E-state index contributed by atoms with van der Waals surface area (Å²) in [5.41, 5.74) is 1.26. The van der Waals surface area contributed by atoms with Crippen molar-refractivity contribution in [1.82, 2.24) is 0 Å². The molecule has 0 saturated carbocycles. The van der Waals surface area contributed by atoms with E-state index in [1.54, 1.807) is 0 Å². The van der Waals surface area contributed by atoms with E-state index in [1.165, 1.54) is 0 Å². The van der Waals surface area contributed by atoms with Crippen LogP contribution in [0.25, 0.3) is 0 Å². The highest BCUT2D eigenvalue weighted by atomic mass is 79.9. The van der Waals surface area contributed by atoms with Gasteiger partial charge in [0.25, 0.3) is 0 Å². The summed E-state index contributed by atoms with van der Waals surface area (Å²) in [4.78, 5) is 0. The molecule has 0 atom stereocenters. The summed E-state index contributed by atoms with van der Waals surface area (Å²) in [6.45, 7) is 8.76. The summed E-state index contributed by atoms with van der Waals surface area (Å²) in [5, 5.41) is 0. The van der Waals surface area contributed by atoms with E-state index in [0.717, 1.165) is 0 Å². The third-order valence-electron chi connectivity index (χ3n) is 1.41. The zero-order valence-electron chi connectivity index (χ0n) is 6.39. The monoisotopic (exact) mass is 228 g/mol. The lowest BCUT2D eigenvalue weighted by molar-refractivity contribution is 1.03. The van der Waals surface area contributed by atoms with E-state index >= 15 is 0 Å². The lowest BCUT2D eigenvalue weighted by Gasteiger charge is -2.22. The second-order valence-electron chi connectivity index (χ2n) is 2.81. The Morgan fingerprint density at radius 2 is 1.33 bits per heavy atom. The Labute approximate surface area is 71.2 Å². The molecule has 0 bridgehead atoms. The summed E-state index contributed by atoms with van der Waals surface area (Å²) in [5.74, 6) is 0. The Kier molecular flexibility index (Phi) is 3.94. The molecule has 0 aliphatic carbocycles. The molecule has 0 aromatic rings. The minimum absolute atomic E-state index is 0.632. The molecule has 0 heterocycles. The third-order valence-corrected chi connectivity index (χ3v) is 11.7. The van der Waals surface area contributed by atoms with Gasteiger partial charge in [-0.1, -0.05) is 39.5 Å². The van der Waals surface area contributed by atoms with Gasteiger partial charge in [-0.3, -0.25) is 0 Å². The van der Waals surface area contributed by atoms with Crippen LogP contribution >= 0.6 is 20.2 Å². The Morgan fingerprint density at radius 3 is 1.33 bits per heavy atom. The lowest BCUT2D eigenvalue weighted by atomic mass is 10.5. The number of hydrogen-bond donors (Lipinski definition) is 0. The Morgan fingerprint density at radius 1 is 1.11 bits per heavy atom. The molecule has 0 aliphatic rings. The van der Waals surface area contributed by atoms with Gasteiger partial charge in [-0.05, 0) is 26.8 Å². The molecule has 3 heteroatoms. The highest BCUT2D eigenvalue weighted by Crippen LogP contribution is 2.62. The molecule has 9 heavy (non-hydrogen) atoms. The molecule has 0 fully saturated rings. The van der Waals surface area contributed by atoms with Gasteiger partial charge in [-0.25, -0.2) is 0 Å². The molecule has 0 saturated heterocycles. The van der Waals surface area contributed by atoms with Crippen molar-refractivity contribution < 1.29 is 0 Å². The van der Waals surface area contributed by atoms with Gasteiger partial charge in [0.15, 0.2) is 0 Å². The maximum atomic E-state index is 5.42. The lowest BCUT2D eigenvalue weighted by Crippen LogP contribution is -2.01. The molecule has 0 aromatic heterocycles. The molecule has 0 radical (unpaired) electrons. The predicted molar refractivity (Wildman–Crippen MR) is 53.5 cm³/mol. The van der Waals surface area contributed by atoms with Gasteiger partial charge in [-0.15, -0.1) is 0 Å². The molecule has 0 spiro atoms. The average molecular weight is 229 g/mol. The Balaban J connectivity index is 4.21. The first-order chi connectivity index (χ1) is 3.89. The highest BCUT2D eigenvalue weighted by molar-refractivity contribution is 9.44. The normalized spacial score (nSPS) is 13.2. The van der Waals surface area contributed by atoms with Gasteiger partial charge in [0.1, 0.15) is 0 Å². The van der Waals surface area contributed by atoms with Gasteiger partial charge in [0.05, 0.1) is 0 Å². The van der Waals surface area contributed by atoms with Crippen LogP contribution < -0.4 is 0 Å². The topological polar surface area (TPSA) is 0 Å². The molecule has 0 N–H and O–H groups in total. The van der Waals surface area contributed by atoms with E-state index in [4.69, 9.17) is 11.8 Å². The van der Waals surface area contributed by atoms with Crippen molar-refractivity contribution in [3.05, 3.63) is 0 Å². The van der Waals surface area contributed by atoms with Crippen LogP contribution in [0.2, 0.25) is 0 Å². The maximum absolute atomic E-state index is 5.42. The zero-order valence-corrected chi connectivity index (χ0v) is 9.69. The predicted octanol–water partition coefficient (Wildman–Crippen LogP) is 3.59. The van der Waals surface area contributed by atoms with E-state index in [2.05, 4.69) is 43.2 Å². The van der Waals surface area contributed by atoms with Crippen LogP contribution in [-0.4, -0.2) is 11.3 Å². The number of rotatable bonds is 2. The van der Waals surface area contributed by atoms with E-state index in [1.807, 2.05) is 0 Å². The van der Waals surface area contributed by atoms with Crippen LogP contribution in [0.5, 0.6) is 0 Å². The fraction of sp³-hybridized carbons (Fsp3) is 1.00. The van der Waals surface area contributed by atoms with Crippen LogP contribution in [0.15, 0.2) is 0 Å². The molecule has 0 unspecified atom stereocenters. The van der Waals surface area contributed by atoms with Gasteiger partial charge in [0, 0.05) is 4.74 Å². The third kappa shape index (κ3) is 2.69. The molecule has 0 amide bonds. The second-order valence-corrected chi connectivity index (χ2v) is 12.9. The first kappa shape index (κ1) is 10.1. The van der Waals surface area contributed by atoms with Crippen LogP contribution in [0.1, 0.15) is 27.7 Å². The van der Waals surface area contributed by atoms with Gasteiger partial charge < -0.3 is 0 Å². The van der Waals surface area contributed by atoms with Crippen molar-refractivity contribution in [2.45, 2.75) is 39.0 Å². The van der Waals surface area contributed by atoms with Crippen LogP contribution in [0, 0.1) is 0 Å². The molecular weight excluding hydrogens is 215 g/mol. The zero-order chi connectivity index (χ0) is 7.65. The molecule has 0 aromatic carbocycles. The highest BCUT2D eigenvalue weighted by Gasteiger charge is 2.20. The molecule has 56 valence electrons. The van der Waals surface area contributed by atoms with Gasteiger partial charge in [0.2, 0.25) is 0 Å². The van der Waals surface area contributed by atoms with Crippen molar-refractivity contribution in [2.24, 2.45) is 0 Å². The minimum atomic E-state index is -1.19. The molecule has 0 aliphatic heterocycles. The van der Waals surface area contributed by atoms with Crippen LogP contribution in [-0.2, 0) is 11.8 Å². The summed E-state index contributed by atoms with van der Waals surface area (Å²) >= 11 is 9.06. The summed E-state index contributed by atoms with van der Waals surface area (Å²) in [7, 11) is 0. The largest absolute Gasteiger partial charge is 0.0848 e. The van der Waals surface area contributed by atoms with E-state index < -0.39 is 4.74 Å². The molecule has 0 rings (SSSR count). The van der Waals surface area contributed by atoms with Crippen molar-refractivity contribution in [3.8, 4) is 0 Å². The van der Waals surface area contributed by atoms with Crippen molar-refractivity contribution in [1.29, 1.82) is 0 Å².